The van der Waals surface area contributed by atoms with E-state index in [9.17, 15) is 9.59 Å². The van der Waals surface area contributed by atoms with E-state index in [1.807, 2.05) is 12.1 Å². The van der Waals surface area contributed by atoms with Crippen LogP contribution >= 0.6 is 11.6 Å². The van der Waals surface area contributed by atoms with Gasteiger partial charge in [0.05, 0.1) is 6.42 Å². The van der Waals surface area contributed by atoms with E-state index >= 15 is 0 Å². The quantitative estimate of drug-likeness (QED) is 0.884. The van der Waals surface area contributed by atoms with Crippen LogP contribution in [0.3, 0.4) is 0 Å². The minimum Gasteiger partial charge on any atom is -0.352 e. The Bertz CT molecular complexity index is 628. The highest BCUT2D eigenvalue weighted by Gasteiger charge is 2.06. The van der Waals surface area contributed by atoms with E-state index < -0.39 is 0 Å². The summed E-state index contributed by atoms with van der Waals surface area (Å²) in [5.74, 6) is -0.142. The molecular weight excluding hydrogens is 266 g/mol. The second kappa shape index (κ2) is 5.75. The smallest absolute Gasteiger partial charge is 0.266 e. The van der Waals surface area contributed by atoms with Gasteiger partial charge in [0.2, 0.25) is 5.91 Å². The Morgan fingerprint density at radius 3 is 2.63 bits per heavy atom. The zero-order chi connectivity index (χ0) is 13.8. The molecule has 0 radical (unpaired) electrons. The molecule has 0 saturated heterocycles. The molecule has 2 aromatic rings. The maximum absolute atomic E-state index is 11.7. The number of rotatable bonds is 4. The van der Waals surface area contributed by atoms with Crippen molar-refractivity contribution in [2.45, 2.75) is 13.0 Å². The van der Waals surface area contributed by atoms with Gasteiger partial charge in [-0.25, -0.2) is 0 Å². The molecule has 0 aliphatic carbocycles. The molecule has 2 N–H and O–H groups in total. The molecule has 1 heterocycles. The standard InChI is InChI=1S/C13H14ClN3O2/c1-17-13(19)7-11(16-17)6-12(18)15-8-9-2-4-10(14)5-3-9/h2-5,7,16H,6,8H2,1H3,(H,15,18). The van der Waals surface area contributed by atoms with E-state index in [4.69, 9.17) is 11.6 Å². The first-order valence-corrected chi connectivity index (χ1v) is 6.18. The summed E-state index contributed by atoms with van der Waals surface area (Å²) < 4.78 is 1.34. The minimum atomic E-state index is -0.152. The van der Waals surface area contributed by atoms with E-state index in [1.165, 1.54) is 10.7 Å². The van der Waals surface area contributed by atoms with Crippen LogP contribution in [-0.2, 0) is 24.8 Å². The number of H-pyrrole nitrogens is 1. The molecule has 19 heavy (non-hydrogen) atoms. The molecule has 0 fully saturated rings. The molecule has 1 aromatic carbocycles. The molecule has 2 rings (SSSR count). The van der Waals surface area contributed by atoms with E-state index in [2.05, 4.69) is 10.4 Å². The molecule has 1 aromatic heterocycles. The number of amides is 1. The number of aryl methyl sites for hydroxylation is 1. The second-order valence-electron chi connectivity index (χ2n) is 4.26. The lowest BCUT2D eigenvalue weighted by atomic mass is 10.2. The van der Waals surface area contributed by atoms with Crippen LogP contribution < -0.4 is 10.9 Å². The predicted octanol–water partition coefficient (Wildman–Crippen LogP) is 1.23. The Kier molecular flexibility index (Phi) is 4.06. The van der Waals surface area contributed by atoms with Crippen LogP contribution in [0.2, 0.25) is 5.02 Å². The average Bonchev–Trinajstić information content (AvgIpc) is 2.67. The van der Waals surface area contributed by atoms with Gasteiger partial charge >= 0.3 is 0 Å². The fourth-order valence-corrected chi connectivity index (χ4v) is 1.80. The van der Waals surface area contributed by atoms with Crippen molar-refractivity contribution in [1.29, 1.82) is 0 Å². The summed E-state index contributed by atoms with van der Waals surface area (Å²) in [5, 5.41) is 6.25. The largest absolute Gasteiger partial charge is 0.352 e. The molecular formula is C13H14ClN3O2. The maximum atomic E-state index is 11.7. The van der Waals surface area contributed by atoms with Crippen molar-refractivity contribution < 1.29 is 4.79 Å². The lowest BCUT2D eigenvalue weighted by Gasteiger charge is -2.04. The number of nitrogens with one attached hydrogen (secondary N) is 2. The molecule has 100 valence electrons. The molecule has 0 atom stereocenters. The minimum absolute atomic E-state index is 0.142. The van der Waals surface area contributed by atoms with Gasteiger partial charge in [-0.1, -0.05) is 23.7 Å². The zero-order valence-corrected chi connectivity index (χ0v) is 11.2. The van der Waals surface area contributed by atoms with Gasteiger partial charge in [0, 0.05) is 30.4 Å². The van der Waals surface area contributed by atoms with Gasteiger partial charge in [0.1, 0.15) is 0 Å². The fourth-order valence-electron chi connectivity index (χ4n) is 1.68. The highest BCUT2D eigenvalue weighted by atomic mass is 35.5. The molecule has 0 saturated carbocycles. The Morgan fingerprint density at radius 1 is 1.37 bits per heavy atom. The molecule has 0 aliphatic rings. The van der Waals surface area contributed by atoms with Crippen molar-refractivity contribution in [1.82, 2.24) is 15.1 Å². The number of aromatic nitrogens is 2. The number of nitrogens with zero attached hydrogens (tertiary/aromatic N) is 1. The highest BCUT2D eigenvalue weighted by Crippen LogP contribution is 2.09. The van der Waals surface area contributed by atoms with Gasteiger partial charge in [-0.2, -0.15) is 0 Å². The molecule has 5 nitrogen and oxygen atoms in total. The van der Waals surface area contributed by atoms with Gasteiger partial charge in [0.15, 0.2) is 0 Å². The first-order chi connectivity index (χ1) is 9.04. The van der Waals surface area contributed by atoms with E-state index in [-0.39, 0.29) is 17.9 Å². The van der Waals surface area contributed by atoms with Crippen LogP contribution in [-0.4, -0.2) is 15.7 Å². The van der Waals surface area contributed by atoms with Gasteiger partial charge in [-0.15, -0.1) is 0 Å². The lowest BCUT2D eigenvalue weighted by molar-refractivity contribution is -0.120. The van der Waals surface area contributed by atoms with Gasteiger partial charge in [-0.3, -0.25) is 19.4 Å². The third-order valence-electron chi connectivity index (χ3n) is 2.69. The monoisotopic (exact) mass is 279 g/mol. The summed E-state index contributed by atoms with van der Waals surface area (Å²) in [6.07, 6.45) is 0.156. The predicted molar refractivity (Wildman–Crippen MR) is 73.0 cm³/mol. The average molecular weight is 280 g/mol. The summed E-state index contributed by atoms with van der Waals surface area (Å²) in [4.78, 5) is 22.9. The molecule has 0 unspecified atom stereocenters. The summed E-state index contributed by atoms with van der Waals surface area (Å²) in [5.41, 5.74) is 1.42. The van der Waals surface area contributed by atoms with Crippen LogP contribution in [0.15, 0.2) is 35.1 Å². The molecule has 6 heteroatoms. The number of hydrogen-bond acceptors (Lipinski definition) is 2. The van der Waals surface area contributed by atoms with Crippen molar-refractivity contribution in [3.05, 3.63) is 57.0 Å². The first kappa shape index (κ1) is 13.4. The Balaban J connectivity index is 1.88. The summed E-state index contributed by atoms with van der Waals surface area (Å²) in [6, 6.07) is 8.68. The van der Waals surface area contributed by atoms with Crippen molar-refractivity contribution in [2.24, 2.45) is 7.05 Å². The van der Waals surface area contributed by atoms with Gasteiger partial charge in [-0.05, 0) is 17.7 Å². The number of aromatic amines is 1. The number of hydrogen-bond donors (Lipinski definition) is 2. The molecule has 0 bridgehead atoms. The van der Waals surface area contributed by atoms with Crippen LogP contribution in [0, 0.1) is 0 Å². The van der Waals surface area contributed by atoms with E-state index in [0.717, 1.165) is 5.56 Å². The summed E-state index contributed by atoms with van der Waals surface area (Å²) >= 11 is 5.78. The fraction of sp³-hybridized carbons (Fsp3) is 0.231. The molecule has 0 spiro atoms. The lowest BCUT2D eigenvalue weighted by Crippen LogP contribution is -2.24. The SMILES string of the molecule is Cn1[nH]c(CC(=O)NCc2ccc(Cl)cc2)cc1=O. The third kappa shape index (κ3) is 3.72. The first-order valence-electron chi connectivity index (χ1n) is 5.80. The van der Waals surface area contributed by atoms with Crippen LogP contribution in [0.1, 0.15) is 11.3 Å². The number of halogens is 1. The third-order valence-corrected chi connectivity index (χ3v) is 2.95. The van der Waals surface area contributed by atoms with Gasteiger partial charge < -0.3 is 5.32 Å². The topological polar surface area (TPSA) is 66.9 Å². The Morgan fingerprint density at radius 2 is 2.05 bits per heavy atom. The normalized spacial score (nSPS) is 10.4. The maximum Gasteiger partial charge on any atom is 0.266 e. The van der Waals surface area contributed by atoms with E-state index in [0.29, 0.717) is 17.3 Å². The Labute approximate surface area is 115 Å². The van der Waals surface area contributed by atoms with Crippen molar-refractivity contribution in [3.8, 4) is 0 Å². The Hall–Kier alpha value is -2.01. The van der Waals surface area contributed by atoms with Crippen molar-refractivity contribution in [2.75, 3.05) is 0 Å². The van der Waals surface area contributed by atoms with E-state index in [1.54, 1.807) is 19.2 Å². The van der Waals surface area contributed by atoms with Crippen LogP contribution in [0.5, 0.6) is 0 Å². The number of carbonyl (C=O) groups is 1. The van der Waals surface area contributed by atoms with Crippen LogP contribution in [0.4, 0.5) is 0 Å². The van der Waals surface area contributed by atoms with Crippen molar-refractivity contribution >= 4 is 17.5 Å². The second-order valence-corrected chi connectivity index (χ2v) is 4.70. The zero-order valence-electron chi connectivity index (χ0n) is 10.4. The summed E-state index contributed by atoms with van der Waals surface area (Å²) in [6.45, 7) is 0.438. The molecule has 0 aliphatic heterocycles. The van der Waals surface area contributed by atoms with Crippen molar-refractivity contribution in [3.63, 3.8) is 0 Å². The van der Waals surface area contributed by atoms with Crippen LogP contribution in [0.25, 0.3) is 0 Å². The molecule has 1 amide bonds. The summed E-state index contributed by atoms with van der Waals surface area (Å²) in [7, 11) is 1.61. The highest BCUT2D eigenvalue weighted by molar-refractivity contribution is 6.30. The number of benzene rings is 1. The number of carbonyl (C=O) groups excluding carboxylic acids is 1. The van der Waals surface area contributed by atoms with Gasteiger partial charge in [0.25, 0.3) is 5.56 Å².